The highest BCUT2D eigenvalue weighted by molar-refractivity contribution is 5.95. The van der Waals surface area contributed by atoms with Crippen molar-refractivity contribution in [1.82, 2.24) is 9.99 Å². The third kappa shape index (κ3) is 4.22. The Hall–Kier alpha value is -3.94. The van der Waals surface area contributed by atoms with Crippen molar-refractivity contribution in [1.29, 1.82) is 0 Å². The van der Waals surface area contributed by atoms with Crippen LogP contribution in [0.3, 0.4) is 0 Å². The van der Waals surface area contributed by atoms with Crippen molar-refractivity contribution in [3.8, 4) is 11.4 Å². The molecule has 0 atom stereocenters. The van der Waals surface area contributed by atoms with Gasteiger partial charge in [-0.05, 0) is 45.0 Å². The number of aromatic nitrogens is 1. The van der Waals surface area contributed by atoms with Crippen LogP contribution in [-0.4, -0.2) is 28.7 Å². The van der Waals surface area contributed by atoms with Crippen LogP contribution >= 0.6 is 0 Å². The first-order valence-corrected chi connectivity index (χ1v) is 9.23. The molecular weight excluding hydrogens is 384 g/mol. The highest BCUT2D eigenvalue weighted by Crippen LogP contribution is 2.31. The number of hydrazone groups is 1. The Morgan fingerprint density at radius 2 is 1.83 bits per heavy atom. The van der Waals surface area contributed by atoms with Crippen LogP contribution in [0.25, 0.3) is 5.69 Å². The third-order valence-electron chi connectivity index (χ3n) is 4.77. The van der Waals surface area contributed by atoms with E-state index < -0.39 is 4.92 Å². The molecule has 0 aliphatic heterocycles. The summed E-state index contributed by atoms with van der Waals surface area (Å²) in [6.45, 7) is 5.77. The molecule has 1 heterocycles. The number of non-ortho nitro benzene ring substituents is 1. The summed E-state index contributed by atoms with van der Waals surface area (Å²) in [5, 5.41) is 15.1. The smallest absolute Gasteiger partial charge is 0.273 e. The fraction of sp³-hybridized carbons (Fsp3) is 0.182. The minimum absolute atomic E-state index is 0.0429. The number of carbonyl (C=O) groups excluding carboxylic acids is 1. The lowest BCUT2D eigenvalue weighted by molar-refractivity contribution is -0.384. The van der Waals surface area contributed by atoms with Crippen molar-refractivity contribution >= 4 is 17.8 Å². The molecule has 0 bridgehead atoms. The van der Waals surface area contributed by atoms with Crippen LogP contribution < -0.4 is 10.2 Å². The van der Waals surface area contributed by atoms with Crippen LogP contribution in [0.5, 0.6) is 5.75 Å². The molecule has 0 saturated carbocycles. The normalized spacial score (nSPS) is 10.9. The molecule has 3 aromatic rings. The van der Waals surface area contributed by atoms with E-state index in [2.05, 4.69) is 10.5 Å². The predicted molar refractivity (Wildman–Crippen MR) is 115 cm³/mol. The fourth-order valence-electron chi connectivity index (χ4n) is 3.18. The maximum absolute atomic E-state index is 12.2. The molecule has 1 amide bonds. The molecule has 0 radical (unpaired) electrons. The molecule has 8 heteroatoms. The van der Waals surface area contributed by atoms with E-state index in [1.165, 1.54) is 19.2 Å². The minimum atomic E-state index is -0.462. The Morgan fingerprint density at radius 1 is 1.13 bits per heavy atom. The van der Waals surface area contributed by atoms with Gasteiger partial charge in [-0.3, -0.25) is 14.9 Å². The zero-order chi connectivity index (χ0) is 21.8. The highest BCUT2D eigenvalue weighted by Gasteiger charge is 2.17. The largest absolute Gasteiger partial charge is 0.494 e. The Labute approximate surface area is 173 Å². The van der Waals surface area contributed by atoms with Crippen molar-refractivity contribution in [2.75, 3.05) is 7.11 Å². The molecule has 30 heavy (non-hydrogen) atoms. The number of ether oxygens (including phenoxy) is 1. The number of nitro benzene ring substituents is 1. The van der Waals surface area contributed by atoms with Gasteiger partial charge in [0.05, 0.1) is 30.0 Å². The summed E-state index contributed by atoms with van der Waals surface area (Å²) in [6, 6.07) is 13.6. The third-order valence-corrected chi connectivity index (χ3v) is 4.77. The fourth-order valence-corrected chi connectivity index (χ4v) is 3.18. The lowest BCUT2D eigenvalue weighted by atomic mass is 10.1. The molecule has 2 aromatic carbocycles. The summed E-state index contributed by atoms with van der Waals surface area (Å²) in [5.74, 6) is 0.0965. The Bertz CT molecular complexity index is 1130. The molecule has 1 N–H and O–H groups in total. The number of hydrogen-bond donors (Lipinski definition) is 1. The average Bonchev–Trinajstić information content (AvgIpc) is 3.01. The molecule has 0 spiro atoms. The number of nitrogens with one attached hydrogen (secondary N) is 1. The van der Waals surface area contributed by atoms with Crippen LogP contribution in [0, 0.1) is 30.9 Å². The zero-order valence-electron chi connectivity index (χ0n) is 17.2. The number of nitro groups is 1. The van der Waals surface area contributed by atoms with Gasteiger partial charge in [0.25, 0.3) is 11.6 Å². The van der Waals surface area contributed by atoms with E-state index >= 15 is 0 Å². The summed E-state index contributed by atoms with van der Waals surface area (Å²) in [5.41, 5.74) is 7.32. The molecule has 0 aliphatic rings. The van der Waals surface area contributed by atoms with Gasteiger partial charge in [0.2, 0.25) is 0 Å². The van der Waals surface area contributed by atoms with Crippen LogP contribution in [0.1, 0.15) is 32.9 Å². The molecule has 0 fully saturated rings. The van der Waals surface area contributed by atoms with Gasteiger partial charge in [-0.25, -0.2) is 5.43 Å². The lowest BCUT2D eigenvalue weighted by Crippen LogP contribution is -2.17. The molecule has 154 valence electrons. The molecule has 0 unspecified atom stereocenters. The van der Waals surface area contributed by atoms with Crippen LogP contribution in [0.15, 0.2) is 53.6 Å². The first kappa shape index (κ1) is 20.8. The summed E-state index contributed by atoms with van der Waals surface area (Å²) in [6.07, 6.45) is 1.57. The van der Waals surface area contributed by atoms with Gasteiger partial charge >= 0.3 is 0 Å². The van der Waals surface area contributed by atoms with Crippen molar-refractivity contribution in [2.24, 2.45) is 5.10 Å². The Morgan fingerprint density at radius 3 is 2.47 bits per heavy atom. The number of carbonyl (C=O) groups is 1. The standard InChI is InChI=1S/C22H22N4O4/c1-14-5-7-17(8-6-14)22(27)24-23-13-18-11-15(2)25(16(18)3)20-10-9-19(26(28)29)12-21(20)30-4/h5-13H,1-4H3,(H,24,27)/b23-13-. The Kier molecular flexibility index (Phi) is 5.96. The second kappa shape index (κ2) is 8.60. The van der Waals surface area contributed by atoms with E-state index in [-0.39, 0.29) is 11.6 Å². The van der Waals surface area contributed by atoms with Gasteiger partial charge in [0.1, 0.15) is 5.75 Å². The van der Waals surface area contributed by atoms with Gasteiger partial charge in [0.15, 0.2) is 0 Å². The van der Waals surface area contributed by atoms with Crippen molar-refractivity contribution in [2.45, 2.75) is 20.8 Å². The number of amides is 1. The van der Waals surface area contributed by atoms with Crippen LogP contribution in [-0.2, 0) is 0 Å². The van der Waals surface area contributed by atoms with Gasteiger partial charge in [-0.1, -0.05) is 17.7 Å². The maximum atomic E-state index is 12.2. The number of benzene rings is 2. The molecular formula is C22H22N4O4. The summed E-state index contributed by atoms with van der Waals surface area (Å²) in [7, 11) is 1.47. The topological polar surface area (TPSA) is 98.8 Å². The number of rotatable bonds is 6. The number of hydrogen-bond acceptors (Lipinski definition) is 5. The van der Waals surface area contributed by atoms with E-state index in [0.717, 1.165) is 22.5 Å². The zero-order valence-corrected chi connectivity index (χ0v) is 17.2. The van der Waals surface area contributed by atoms with Crippen LogP contribution in [0.2, 0.25) is 0 Å². The van der Waals surface area contributed by atoms with Gasteiger partial charge in [0, 0.05) is 28.6 Å². The van der Waals surface area contributed by atoms with E-state index in [1.807, 2.05) is 43.5 Å². The maximum Gasteiger partial charge on any atom is 0.273 e. The average molecular weight is 406 g/mol. The van der Waals surface area contributed by atoms with E-state index in [9.17, 15) is 14.9 Å². The quantitative estimate of drug-likeness (QED) is 0.379. The number of methoxy groups -OCH3 is 1. The van der Waals surface area contributed by atoms with E-state index in [1.54, 1.807) is 24.4 Å². The Balaban J connectivity index is 1.85. The molecule has 1 aromatic heterocycles. The van der Waals surface area contributed by atoms with Gasteiger partial charge in [-0.2, -0.15) is 5.10 Å². The number of nitrogens with zero attached hydrogens (tertiary/aromatic N) is 3. The van der Waals surface area contributed by atoms with Crippen LogP contribution in [0.4, 0.5) is 5.69 Å². The SMILES string of the molecule is COc1cc([N+](=O)[O-])ccc1-n1c(C)cc(/C=N\NC(=O)c2ccc(C)cc2)c1C. The first-order valence-electron chi connectivity index (χ1n) is 9.23. The second-order valence-corrected chi connectivity index (χ2v) is 6.84. The monoisotopic (exact) mass is 406 g/mol. The second-order valence-electron chi connectivity index (χ2n) is 6.84. The minimum Gasteiger partial charge on any atom is -0.494 e. The van der Waals surface area contributed by atoms with E-state index in [4.69, 9.17) is 4.74 Å². The first-order chi connectivity index (χ1) is 14.3. The highest BCUT2D eigenvalue weighted by atomic mass is 16.6. The summed E-state index contributed by atoms with van der Waals surface area (Å²) >= 11 is 0. The molecule has 0 saturated heterocycles. The molecule has 0 aliphatic carbocycles. The van der Waals surface area contributed by atoms with E-state index in [0.29, 0.717) is 17.0 Å². The summed E-state index contributed by atoms with van der Waals surface area (Å²) < 4.78 is 7.29. The lowest BCUT2D eigenvalue weighted by Gasteiger charge is -2.13. The number of aryl methyl sites for hydroxylation is 2. The molecule has 3 rings (SSSR count). The van der Waals surface area contributed by atoms with Crippen molar-refractivity contribution in [3.63, 3.8) is 0 Å². The predicted octanol–water partition coefficient (Wildman–Crippen LogP) is 4.08. The van der Waals surface area contributed by atoms with Crippen molar-refractivity contribution in [3.05, 3.63) is 86.7 Å². The summed E-state index contributed by atoms with van der Waals surface area (Å²) in [4.78, 5) is 22.8. The van der Waals surface area contributed by atoms with Crippen molar-refractivity contribution < 1.29 is 14.5 Å². The molecule has 8 nitrogen and oxygen atoms in total. The van der Waals surface area contributed by atoms with Gasteiger partial charge < -0.3 is 9.30 Å². The van der Waals surface area contributed by atoms with Gasteiger partial charge in [-0.15, -0.1) is 0 Å².